The molecule has 15 heavy (non-hydrogen) atoms. The molecule has 0 aliphatic carbocycles. The molecule has 0 aromatic heterocycles. The van der Waals surface area contributed by atoms with Crippen molar-refractivity contribution in [3.05, 3.63) is 71.8 Å². The first kappa shape index (κ1) is 9.94. The van der Waals surface area contributed by atoms with Crippen molar-refractivity contribution in [3.8, 4) is 0 Å². The van der Waals surface area contributed by atoms with E-state index in [1.807, 2.05) is 36.4 Å². The highest BCUT2D eigenvalue weighted by atomic mass is 14.6. The third kappa shape index (κ3) is 2.67. The highest BCUT2D eigenvalue weighted by Gasteiger charge is 2.05. The molecular formula is C14H15N. The van der Waals surface area contributed by atoms with Gasteiger partial charge in [-0.1, -0.05) is 60.7 Å². The van der Waals surface area contributed by atoms with Crippen molar-refractivity contribution >= 4 is 0 Å². The maximum absolute atomic E-state index is 6.13. The fourth-order valence-electron chi connectivity index (χ4n) is 1.69. The lowest BCUT2D eigenvalue weighted by molar-refractivity contribution is 0.722. The minimum absolute atomic E-state index is 0.0913. The van der Waals surface area contributed by atoms with Crippen LogP contribution in [0.2, 0.25) is 0 Å². The first-order valence-corrected chi connectivity index (χ1v) is 5.21. The summed E-state index contributed by atoms with van der Waals surface area (Å²) in [6.45, 7) is 0. The molecule has 1 nitrogen and oxygen atoms in total. The van der Waals surface area contributed by atoms with E-state index in [0.717, 1.165) is 6.42 Å². The molecule has 0 aliphatic heterocycles. The van der Waals surface area contributed by atoms with Crippen LogP contribution in [0.4, 0.5) is 0 Å². The van der Waals surface area contributed by atoms with Crippen molar-refractivity contribution < 1.29 is 0 Å². The predicted octanol–water partition coefficient (Wildman–Crippen LogP) is 2.93. The second-order valence-electron chi connectivity index (χ2n) is 3.71. The Labute approximate surface area is 90.6 Å². The van der Waals surface area contributed by atoms with Crippen molar-refractivity contribution in [2.24, 2.45) is 5.73 Å². The summed E-state index contributed by atoms with van der Waals surface area (Å²) in [5.74, 6) is 0. The molecule has 2 aromatic rings. The van der Waals surface area contributed by atoms with Crippen LogP contribution in [0.15, 0.2) is 60.7 Å². The van der Waals surface area contributed by atoms with Gasteiger partial charge in [-0.3, -0.25) is 0 Å². The predicted molar refractivity (Wildman–Crippen MR) is 63.5 cm³/mol. The molecule has 0 amide bonds. The monoisotopic (exact) mass is 197 g/mol. The molecule has 0 spiro atoms. The summed E-state index contributed by atoms with van der Waals surface area (Å²) < 4.78 is 0. The van der Waals surface area contributed by atoms with E-state index in [2.05, 4.69) is 24.3 Å². The lowest BCUT2D eigenvalue weighted by atomic mass is 10.00. The maximum Gasteiger partial charge on any atom is 0.0335 e. The Hall–Kier alpha value is -1.60. The zero-order valence-electron chi connectivity index (χ0n) is 8.64. The summed E-state index contributed by atoms with van der Waals surface area (Å²) in [6.07, 6.45) is 0.894. The van der Waals surface area contributed by atoms with E-state index >= 15 is 0 Å². The summed E-state index contributed by atoms with van der Waals surface area (Å²) in [7, 11) is 0. The first-order valence-electron chi connectivity index (χ1n) is 5.21. The molecule has 2 N–H and O–H groups in total. The average molecular weight is 197 g/mol. The second-order valence-corrected chi connectivity index (χ2v) is 3.71. The van der Waals surface area contributed by atoms with Gasteiger partial charge in [-0.25, -0.2) is 0 Å². The van der Waals surface area contributed by atoms with E-state index in [4.69, 9.17) is 5.73 Å². The normalized spacial score (nSPS) is 12.3. The van der Waals surface area contributed by atoms with Crippen LogP contribution in [-0.2, 0) is 6.42 Å². The van der Waals surface area contributed by atoms with E-state index in [-0.39, 0.29) is 6.04 Å². The Morgan fingerprint density at radius 1 is 0.800 bits per heavy atom. The molecule has 0 fully saturated rings. The molecule has 0 heterocycles. The standard InChI is InChI=1S/C14H15N/c15-14(13-9-5-2-6-10-13)11-12-7-3-1-4-8-12/h1-10,14H,11,15H2/t14-/m1/s1. The van der Waals surface area contributed by atoms with Crippen LogP contribution in [0.25, 0.3) is 0 Å². The summed E-state index contributed by atoms with van der Waals surface area (Å²) >= 11 is 0. The van der Waals surface area contributed by atoms with Gasteiger partial charge in [0.25, 0.3) is 0 Å². The SMILES string of the molecule is N[C@H](Cc1ccccc1)c1ccccc1. The van der Waals surface area contributed by atoms with Gasteiger partial charge in [0.05, 0.1) is 0 Å². The summed E-state index contributed by atoms with van der Waals surface area (Å²) in [5.41, 5.74) is 8.61. The lowest BCUT2D eigenvalue weighted by Crippen LogP contribution is -2.12. The molecule has 1 heteroatoms. The number of hydrogen-bond acceptors (Lipinski definition) is 1. The van der Waals surface area contributed by atoms with Gasteiger partial charge in [-0.15, -0.1) is 0 Å². The Bertz CT molecular complexity index is 394. The minimum atomic E-state index is 0.0913. The highest BCUT2D eigenvalue weighted by molar-refractivity contribution is 5.23. The fraction of sp³-hybridized carbons (Fsp3) is 0.143. The van der Waals surface area contributed by atoms with Crippen molar-refractivity contribution in [2.75, 3.05) is 0 Å². The van der Waals surface area contributed by atoms with Gasteiger partial charge < -0.3 is 5.73 Å². The largest absolute Gasteiger partial charge is 0.324 e. The lowest BCUT2D eigenvalue weighted by Gasteiger charge is -2.11. The van der Waals surface area contributed by atoms with E-state index in [1.54, 1.807) is 0 Å². The van der Waals surface area contributed by atoms with Gasteiger partial charge in [0, 0.05) is 6.04 Å². The smallest absolute Gasteiger partial charge is 0.0335 e. The van der Waals surface area contributed by atoms with Crippen molar-refractivity contribution in [2.45, 2.75) is 12.5 Å². The van der Waals surface area contributed by atoms with Crippen LogP contribution >= 0.6 is 0 Å². The summed E-state index contributed by atoms with van der Waals surface area (Å²) in [4.78, 5) is 0. The van der Waals surface area contributed by atoms with Crippen LogP contribution in [0.1, 0.15) is 17.2 Å². The quantitative estimate of drug-likeness (QED) is 0.804. The Morgan fingerprint density at radius 2 is 1.33 bits per heavy atom. The number of hydrogen-bond donors (Lipinski definition) is 1. The molecule has 0 saturated heterocycles. The van der Waals surface area contributed by atoms with Crippen LogP contribution in [0.3, 0.4) is 0 Å². The molecule has 2 aromatic carbocycles. The third-order valence-electron chi connectivity index (χ3n) is 2.53. The van der Waals surface area contributed by atoms with Crippen LogP contribution in [0, 0.1) is 0 Å². The van der Waals surface area contributed by atoms with Gasteiger partial charge in [0.1, 0.15) is 0 Å². The van der Waals surface area contributed by atoms with E-state index in [9.17, 15) is 0 Å². The van der Waals surface area contributed by atoms with E-state index < -0.39 is 0 Å². The van der Waals surface area contributed by atoms with E-state index in [1.165, 1.54) is 11.1 Å². The van der Waals surface area contributed by atoms with Crippen LogP contribution in [0.5, 0.6) is 0 Å². The molecule has 0 radical (unpaired) electrons. The number of nitrogens with two attached hydrogens (primary N) is 1. The van der Waals surface area contributed by atoms with Gasteiger partial charge in [0.15, 0.2) is 0 Å². The molecule has 0 bridgehead atoms. The Balaban J connectivity index is 2.08. The number of rotatable bonds is 3. The second kappa shape index (κ2) is 4.76. The summed E-state index contributed by atoms with van der Waals surface area (Å²) in [5, 5.41) is 0. The van der Waals surface area contributed by atoms with Crippen molar-refractivity contribution in [1.82, 2.24) is 0 Å². The van der Waals surface area contributed by atoms with Crippen LogP contribution < -0.4 is 5.73 Å². The molecular weight excluding hydrogens is 182 g/mol. The summed E-state index contributed by atoms with van der Waals surface area (Å²) in [6, 6.07) is 20.7. The van der Waals surface area contributed by atoms with E-state index in [0.29, 0.717) is 0 Å². The molecule has 0 unspecified atom stereocenters. The third-order valence-corrected chi connectivity index (χ3v) is 2.53. The highest BCUT2D eigenvalue weighted by Crippen LogP contribution is 2.15. The van der Waals surface area contributed by atoms with Gasteiger partial charge in [-0.05, 0) is 17.5 Å². The number of benzene rings is 2. The molecule has 2 rings (SSSR count). The molecule has 1 atom stereocenters. The van der Waals surface area contributed by atoms with Crippen molar-refractivity contribution in [1.29, 1.82) is 0 Å². The van der Waals surface area contributed by atoms with Gasteiger partial charge >= 0.3 is 0 Å². The zero-order valence-corrected chi connectivity index (χ0v) is 8.64. The van der Waals surface area contributed by atoms with Gasteiger partial charge in [-0.2, -0.15) is 0 Å². The topological polar surface area (TPSA) is 26.0 Å². The average Bonchev–Trinajstić information content (AvgIpc) is 2.31. The minimum Gasteiger partial charge on any atom is -0.324 e. The molecule has 0 saturated carbocycles. The maximum atomic E-state index is 6.13. The zero-order chi connectivity index (χ0) is 10.5. The molecule has 76 valence electrons. The fourth-order valence-corrected chi connectivity index (χ4v) is 1.69. The Morgan fingerprint density at radius 3 is 1.93 bits per heavy atom. The Kier molecular flexibility index (Phi) is 3.15. The first-order chi connectivity index (χ1) is 7.36. The molecule has 0 aliphatic rings. The van der Waals surface area contributed by atoms with Crippen molar-refractivity contribution in [3.63, 3.8) is 0 Å². The van der Waals surface area contributed by atoms with Crippen LogP contribution in [-0.4, -0.2) is 0 Å². The van der Waals surface area contributed by atoms with Gasteiger partial charge in [0.2, 0.25) is 0 Å².